The molecule has 2 N–H and O–H groups in total. The van der Waals surface area contributed by atoms with Crippen molar-refractivity contribution < 1.29 is 4.74 Å². The predicted octanol–water partition coefficient (Wildman–Crippen LogP) is 1.87. The van der Waals surface area contributed by atoms with Crippen molar-refractivity contribution in [3.63, 3.8) is 0 Å². The maximum atomic E-state index is 5.75. The first-order valence-corrected chi connectivity index (χ1v) is 4.39. The Bertz CT molecular complexity index is 276. The fourth-order valence-corrected chi connectivity index (χ4v) is 1.71. The summed E-state index contributed by atoms with van der Waals surface area (Å²) in [7, 11) is 1.61. The number of aromatic nitrogens is 1. The molecule has 4 heteroatoms. The zero-order chi connectivity index (χ0) is 9.14. The topological polar surface area (TPSA) is 48.1 Å². The molecule has 0 unspecified atom stereocenters. The summed E-state index contributed by atoms with van der Waals surface area (Å²) in [5.74, 6) is 0.722. The largest absolute Gasteiger partial charge is 0.495 e. The van der Waals surface area contributed by atoms with Gasteiger partial charge in [-0.1, -0.05) is 0 Å². The molecule has 0 amide bonds. The van der Waals surface area contributed by atoms with Crippen molar-refractivity contribution in [2.45, 2.75) is 13.0 Å². The van der Waals surface area contributed by atoms with Gasteiger partial charge in [0.25, 0.3) is 0 Å². The molecule has 1 rings (SSSR count). The Morgan fingerprint density at radius 1 is 1.58 bits per heavy atom. The molecule has 0 aromatic carbocycles. The number of methoxy groups -OCH3 is 1. The van der Waals surface area contributed by atoms with Gasteiger partial charge in [-0.15, -0.1) is 0 Å². The van der Waals surface area contributed by atoms with Crippen LogP contribution in [0.15, 0.2) is 16.9 Å². The van der Waals surface area contributed by atoms with Gasteiger partial charge in [-0.05, 0) is 22.9 Å². The minimum atomic E-state index is -0.0580. The van der Waals surface area contributed by atoms with Crippen LogP contribution < -0.4 is 10.5 Å². The molecular weight excluding hydrogens is 220 g/mol. The Labute approximate surface area is 80.1 Å². The lowest BCUT2D eigenvalue weighted by Gasteiger charge is -2.12. The lowest BCUT2D eigenvalue weighted by atomic mass is 10.1. The highest BCUT2D eigenvalue weighted by Crippen LogP contribution is 2.29. The van der Waals surface area contributed by atoms with Gasteiger partial charge in [-0.2, -0.15) is 0 Å². The molecule has 1 aromatic rings. The van der Waals surface area contributed by atoms with E-state index in [0.717, 1.165) is 15.8 Å². The normalized spacial score (nSPS) is 12.7. The summed E-state index contributed by atoms with van der Waals surface area (Å²) in [6.45, 7) is 1.91. The summed E-state index contributed by atoms with van der Waals surface area (Å²) < 4.78 is 6.00. The second-order valence-corrected chi connectivity index (χ2v) is 3.38. The monoisotopic (exact) mass is 230 g/mol. The number of pyridine rings is 1. The highest BCUT2D eigenvalue weighted by atomic mass is 79.9. The van der Waals surface area contributed by atoms with Gasteiger partial charge in [0, 0.05) is 22.3 Å². The zero-order valence-corrected chi connectivity index (χ0v) is 8.63. The Morgan fingerprint density at radius 2 is 2.25 bits per heavy atom. The molecule has 66 valence electrons. The fraction of sp³-hybridized carbons (Fsp3) is 0.375. The minimum Gasteiger partial charge on any atom is -0.495 e. The quantitative estimate of drug-likeness (QED) is 0.845. The molecule has 0 saturated carbocycles. The number of ether oxygens (including phenoxy) is 1. The second-order valence-electron chi connectivity index (χ2n) is 2.53. The third-order valence-electron chi connectivity index (χ3n) is 1.58. The van der Waals surface area contributed by atoms with Gasteiger partial charge in [0.1, 0.15) is 5.75 Å². The Morgan fingerprint density at radius 3 is 2.67 bits per heavy atom. The van der Waals surface area contributed by atoms with Gasteiger partial charge in [0.05, 0.1) is 13.3 Å². The van der Waals surface area contributed by atoms with Crippen molar-refractivity contribution in [3.8, 4) is 5.75 Å². The summed E-state index contributed by atoms with van der Waals surface area (Å²) in [6, 6.07) is -0.0580. The number of nitrogens with zero attached hydrogens (tertiary/aromatic N) is 1. The molecule has 0 saturated heterocycles. The third kappa shape index (κ3) is 1.76. The summed E-state index contributed by atoms with van der Waals surface area (Å²) in [4.78, 5) is 3.97. The second kappa shape index (κ2) is 3.87. The van der Waals surface area contributed by atoms with Crippen molar-refractivity contribution in [1.82, 2.24) is 4.98 Å². The van der Waals surface area contributed by atoms with Crippen LogP contribution in [0.1, 0.15) is 18.5 Å². The summed E-state index contributed by atoms with van der Waals surface area (Å²) in [6.07, 6.45) is 3.37. The van der Waals surface area contributed by atoms with E-state index < -0.39 is 0 Å². The molecule has 0 aliphatic heterocycles. The van der Waals surface area contributed by atoms with Crippen LogP contribution in [0.25, 0.3) is 0 Å². The molecule has 1 heterocycles. The molecule has 1 atom stereocenters. The number of halogens is 1. The van der Waals surface area contributed by atoms with Gasteiger partial charge in [-0.3, -0.25) is 4.98 Å². The van der Waals surface area contributed by atoms with E-state index in [9.17, 15) is 0 Å². The number of hydrogen-bond acceptors (Lipinski definition) is 3. The van der Waals surface area contributed by atoms with E-state index in [4.69, 9.17) is 10.5 Å². The molecule has 3 nitrogen and oxygen atoms in total. The van der Waals surface area contributed by atoms with E-state index in [-0.39, 0.29) is 6.04 Å². The van der Waals surface area contributed by atoms with Crippen LogP contribution in [0.5, 0.6) is 5.75 Å². The summed E-state index contributed by atoms with van der Waals surface area (Å²) in [5.41, 5.74) is 6.70. The fourth-order valence-electron chi connectivity index (χ4n) is 1.03. The van der Waals surface area contributed by atoms with Crippen LogP contribution in [0, 0.1) is 0 Å². The Balaban J connectivity index is 3.20. The standard InChI is InChI=1S/C8H11BrN2O/c1-5(10)8-6(9)3-11-4-7(8)12-2/h3-5H,10H2,1-2H3/t5-/m0/s1. The van der Waals surface area contributed by atoms with E-state index in [1.165, 1.54) is 0 Å². The van der Waals surface area contributed by atoms with E-state index in [2.05, 4.69) is 20.9 Å². The van der Waals surface area contributed by atoms with Crippen molar-refractivity contribution in [2.75, 3.05) is 7.11 Å². The maximum Gasteiger partial charge on any atom is 0.143 e. The van der Waals surface area contributed by atoms with Crippen LogP contribution in [0.3, 0.4) is 0 Å². The average Bonchev–Trinajstić information content (AvgIpc) is 2.03. The first-order valence-electron chi connectivity index (χ1n) is 3.59. The van der Waals surface area contributed by atoms with Crippen LogP contribution in [-0.4, -0.2) is 12.1 Å². The molecule has 12 heavy (non-hydrogen) atoms. The van der Waals surface area contributed by atoms with Crippen LogP contribution in [0.2, 0.25) is 0 Å². The lowest BCUT2D eigenvalue weighted by molar-refractivity contribution is 0.404. The molecule has 1 aromatic heterocycles. The number of rotatable bonds is 2. The molecule has 0 aliphatic carbocycles. The highest BCUT2D eigenvalue weighted by molar-refractivity contribution is 9.10. The van der Waals surface area contributed by atoms with Crippen molar-refractivity contribution in [2.24, 2.45) is 5.73 Å². The molecule has 0 aliphatic rings. The zero-order valence-electron chi connectivity index (χ0n) is 7.04. The highest BCUT2D eigenvalue weighted by Gasteiger charge is 2.11. The first kappa shape index (κ1) is 9.48. The molecule has 0 bridgehead atoms. The van der Waals surface area contributed by atoms with E-state index in [0.29, 0.717) is 0 Å². The van der Waals surface area contributed by atoms with Crippen molar-refractivity contribution in [3.05, 3.63) is 22.4 Å². The van der Waals surface area contributed by atoms with Gasteiger partial charge in [0.15, 0.2) is 0 Å². The van der Waals surface area contributed by atoms with Crippen LogP contribution >= 0.6 is 15.9 Å². The SMILES string of the molecule is COc1cncc(Br)c1[C@H](C)N. The summed E-state index contributed by atoms with van der Waals surface area (Å²) >= 11 is 3.37. The van der Waals surface area contributed by atoms with Crippen molar-refractivity contribution in [1.29, 1.82) is 0 Å². The Hall–Kier alpha value is -0.610. The molecular formula is C8H11BrN2O. The van der Waals surface area contributed by atoms with Gasteiger partial charge in [0.2, 0.25) is 0 Å². The van der Waals surface area contributed by atoms with Gasteiger partial charge in [-0.25, -0.2) is 0 Å². The van der Waals surface area contributed by atoms with Gasteiger partial charge >= 0.3 is 0 Å². The molecule has 0 radical (unpaired) electrons. The van der Waals surface area contributed by atoms with Crippen LogP contribution in [0.4, 0.5) is 0 Å². The molecule has 0 fully saturated rings. The summed E-state index contributed by atoms with van der Waals surface area (Å²) in [5, 5.41) is 0. The lowest BCUT2D eigenvalue weighted by Crippen LogP contribution is -2.08. The minimum absolute atomic E-state index is 0.0580. The molecule has 0 spiro atoms. The van der Waals surface area contributed by atoms with Gasteiger partial charge < -0.3 is 10.5 Å². The predicted molar refractivity (Wildman–Crippen MR) is 51.1 cm³/mol. The number of nitrogens with two attached hydrogens (primary N) is 1. The maximum absolute atomic E-state index is 5.75. The smallest absolute Gasteiger partial charge is 0.143 e. The number of hydrogen-bond donors (Lipinski definition) is 1. The Kier molecular flexibility index (Phi) is 3.05. The van der Waals surface area contributed by atoms with E-state index in [1.807, 2.05) is 6.92 Å². The first-order chi connectivity index (χ1) is 5.66. The van der Waals surface area contributed by atoms with E-state index in [1.54, 1.807) is 19.5 Å². The van der Waals surface area contributed by atoms with E-state index >= 15 is 0 Å². The average molecular weight is 231 g/mol. The third-order valence-corrected chi connectivity index (χ3v) is 2.21. The van der Waals surface area contributed by atoms with Crippen molar-refractivity contribution >= 4 is 15.9 Å². The van der Waals surface area contributed by atoms with Crippen LogP contribution in [-0.2, 0) is 0 Å².